The number of ether oxygens (including phenoxy) is 1. The Bertz CT molecular complexity index is 197. The average Bonchev–Trinajstić information content (AvgIpc) is 1.98. The van der Waals surface area contributed by atoms with Crippen molar-refractivity contribution in [3.63, 3.8) is 0 Å². The number of likely N-dealkylation sites (N-methyl/N-ethyl adjacent to an activating group) is 1. The van der Waals surface area contributed by atoms with Gasteiger partial charge in [-0.1, -0.05) is 0 Å². The molecule has 0 heterocycles. The molecule has 1 amide bonds. The van der Waals surface area contributed by atoms with Crippen molar-refractivity contribution in [3.8, 4) is 0 Å². The summed E-state index contributed by atoms with van der Waals surface area (Å²) >= 11 is 0. The lowest BCUT2D eigenvalue weighted by molar-refractivity contribution is 0.0219. The number of carbonyl (C=O) groups is 1. The van der Waals surface area contributed by atoms with E-state index in [4.69, 9.17) is 10.5 Å². The molecule has 0 saturated carbocycles. The quantitative estimate of drug-likeness (QED) is 0.739. The predicted molar refractivity (Wildman–Crippen MR) is 57.1 cm³/mol. The van der Waals surface area contributed by atoms with E-state index in [1.807, 2.05) is 34.6 Å². The van der Waals surface area contributed by atoms with Gasteiger partial charge in [0, 0.05) is 19.1 Å². The minimum atomic E-state index is -0.455. The van der Waals surface area contributed by atoms with E-state index in [-0.39, 0.29) is 18.2 Å². The van der Waals surface area contributed by atoms with Crippen molar-refractivity contribution in [2.75, 3.05) is 7.05 Å². The second-order valence-corrected chi connectivity index (χ2v) is 4.69. The SMILES string of the molecule is C[C@H](N)[C@H](C)N(C)C(=O)OC(C)(C)C. The first-order chi connectivity index (χ1) is 6.15. The van der Waals surface area contributed by atoms with Gasteiger partial charge < -0.3 is 15.4 Å². The van der Waals surface area contributed by atoms with Crippen LogP contribution in [0.15, 0.2) is 0 Å². The molecule has 14 heavy (non-hydrogen) atoms. The van der Waals surface area contributed by atoms with E-state index in [1.165, 1.54) is 4.90 Å². The molecular formula is C10H22N2O2. The van der Waals surface area contributed by atoms with Gasteiger partial charge in [0.2, 0.25) is 0 Å². The van der Waals surface area contributed by atoms with Crippen LogP contribution >= 0.6 is 0 Å². The summed E-state index contributed by atoms with van der Waals surface area (Å²) in [5.74, 6) is 0. The normalized spacial score (nSPS) is 15.9. The van der Waals surface area contributed by atoms with Gasteiger partial charge in [0.25, 0.3) is 0 Å². The maximum atomic E-state index is 11.6. The zero-order valence-corrected chi connectivity index (χ0v) is 10.00. The fourth-order valence-corrected chi connectivity index (χ4v) is 0.853. The third-order valence-electron chi connectivity index (χ3n) is 2.05. The largest absolute Gasteiger partial charge is 0.444 e. The first-order valence-corrected chi connectivity index (χ1v) is 4.86. The van der Waals surface area contributed by atoms with Crippen LogP contribution in [-0.4, -0.2) is 35.7 Å². The van der Waals surface area contributed by atoms with Crippen molar-refractivity contribution in [2.45, 2.75) is 52.3 Å². The maximum Gasteiger partial charge on any atom is 0.410 e. The van der Waals surface area contributed by atoms with Gasteiger partial charge in [0.1, 0.15) is 5.60 Å². The van der Waals surface area contributed by atoms with Crippen LogP contribution in [0.3, 0.4) is 0 Å². The maximum absolute atomic E-state index is 11.6. The van der Waals surface area contributed by atoms with Gasteiger partial charge in [-0.25, -0.2) is 4.79 Å². The lowest BCUT2D eigenvalue weighted by Crippen LogP contribution is -2.47. The Morgan fingerprint density at radius 2 is 1.79 bits per heavy atom. The van der Waals surface area contributed by atoms with Gasteiger partial charge >= 0.3 is 6.09 Å². The molecule has 4 nitrogen and oxygen atoms in total. The molecule has 0 aliphatic rings. The van der Waals surface area contributed by atoms with Gasteiger partial charge in [-0.05, 0) is 34.6 Å². The number of amides is 1. The molecule has 2 atom stereocenters. The number of nitrogens with two attached hydrogens (primary N) is 1. The zero-order chi connectivity index (χ0) is 11.5. The molecule has 0 spiro atoms. The Morgan fingerprint density at radius 1 is 1.36 bits per heavy atom. The molecule has 0 aromatic carbocycles. The van der Waals surface area contributed by atoms with E-state index in [2.05, 4.69) is 0 Å². The van der Waals surface area contributed by atoms with E-state index in [1.54, 1.807) is 7.05 Å². The van der Waals surface area contributed by atoms with Crippen molar-refractivity contribution < 1.29 is 9.53 Å². The number of rotatable bonds is 2. The lowest BCUT2D eigenvalue weighted by atomic mass is 10.1. The van der Waals surface area contributed by atoms with E-state index in [9.17, 15) is 4.79 Å². The summed E-state index contributed by atoms with van der Waals surface area (Å²) in [5, 5.41) is 0. The van der Waals surface area contributed by atoms with Crippen LogP contribution in [0.2, 0.25) is 0 Å². The number of carbonyl (C=O) groups excluding carboxylic acids is 1. The van der Waals surface area contributed by atoms with Gasteiger partial charge in [-0.3, -0.25) is 0 Å². The van der Waals surface area contributed by atoms with Crippen molar-refractivity contribution in [3.05, 3.63) is 0 Å². The Kier molecular flexibility index (Phi) is 4.39. The van der Waals surface area contributed by atoms with Crippen LogP contribution in [0.1, 0.15) is 34.6 Å². The molecule has 0 rings (SSSR count). The fraction of sp³-hybridized carbons (Fsp3) is 0.900. The van der Waals surface area contributed by atoms with Gasteiger partial charge in [-0.2, -0.15) is 0 Å². The molecule has 2 N–H and O–H groups in total. The molecular weight excluding hydrogens is 180 g/mol. The average molecular weight is 202 g/mol. The van der Waals surface area contributed by atoms with Crippen molar-refractivity contribution in [1.29, 1.82) is 0 Å². The molecule has 0 radical (unpaired) electrons. The topological polar surface area (TPSA) is 55.6 Å². The zero-order valence-electron chi connectivity index (χ0n) is 10.00. The van der Waals surface area contributed by atoms with Crippen LogP contribution < -0.4 is 5.73 Å². The molecule has 0 fully saturated rings. The first-order valence-electron chi connectivity index (χ1n) is 4.86. The van der Waals surface area contributed by atoms with E-state index in [0.29, 0.717) is 0 Å². The van der Waals surface area contributed by atoms with Crippen LogP contribution in [-0.2, 0) is 4.74 Å². The third-order valence-corrected chi connectivity index (χ3v) is 2.05. The van der Waals surface area contributed by atoms with Crippen molar-refractivity contribution in [2.24, 2.45) is 5.73 Å². The lowest BCUT2D eigenvalue weighted by Gasteiger charge is -2.30. The Morgan fingerprint density at radius 3 is 2.07 bits per heavy atom. The summed E-state index contributed by atoms with van der Waals surface area (Å²) in [5.41, 5.74) is 5.23. The highest BCUT2D eigenvalue weighted by atomic mass is 16.6. The second kappa shape index (κ2) is 4.64. The molecule has 0 unspecified atom stereocenters. The standard InChI is InChI=1S/C10H22N2O2/c1-7(11)8(2)12(6)9(13)14-10(3,4)5/h7-8H,11H2,1-6H3/t7-,8-/m0/s1. The monoisotopic (exact) mass is 202 g/mol. The number of hydrogen-bond acceptors (Lipinski definition) is 3. The molecule has 0 bridgehead atoms. The van der Waals surface area contributed by atoms with E-state index < -0.39 is 5.60 Å². The van der Waals surface area contributed by atoms with Crippen LogP contribution in [0.4, 0.5) is 4.79 Å². The molecule has 0 aromatic heterocycles. The highest BCUT2D eigenvalue weighted by molar-refractivity contribution is 5.68. The predicted octanol–water partition coefficient (Wildman–Crippen LogP) is 1.59. The number of hydrogen-bond donors (Lipinski definition) is 1. The van der Waals surface area contributed by atoms with Gasteiger partial charge in [-0.15, -0.1) is 0 Å². The summed E-state index contributed by atoms with van der Waals surface area (Å²) in [6.45, 7) is 9.29. The van der Waals surface area contributed by atoms with Crippen molar-refractivity contribution >= 4 is 6.09 Å². The smallest absolute Gasteiger partial charge is 0.410 e. The molecule has 0 saturated heterocycles. The van der Waals surface area contributed by atoms with Gasteiger partial charge in [0.05, 0.1) is 0 Å². The highest BCUT2D eigenvalue weighted by Crippen LogP contribution is 2.11. The molecule has 0 aliphatic carbocycles. The summed E-state index contributed by atoms with van der Waals surface area (Å²) in [6, 6.07) is -0.0858. The van der Waals surface area contributed by atoms with E-state index in [0.717, 1.165) is 0 Å². The number of nitrogens with zero attached hydrogens (tertiary/aromatic N) is 1. The van der Waals surface area contributed by atoms with Crippen molar-refractivity contribution in [1.82, 2.24) is 4.90 Å². The summed E-state index contributed by atoms with van der Waals surface area (Å²) in [4.78, 5) is 13.1. The van der Waals surface area contributed by atoms with Crippen LogP contribution in [0.25, 0.3) is 0 Å². The minimum Gasteiger partial charge on any atom is -0.444 e. The van der Waals surface area contributed by atoms with Crippen LogP contribution in [0, 0.1) is 0 Å². The molecule has 4 heteroatoms. The van der Waals surface area contributed by atoms with E-state index >= 15 is 0 Å². The summed E-state index contributed by atoms with van der Waals surface area (Å²) in [7, 11) is 1.70. The summed E-state index contributed by atoms with van der Waals surface area (Å²) < 4.78 is 5.20. The summed E-state index contributed by atoms with van der Waals surface area (Å²) in [6.07, 6.45) is -0.331. The Hall–Kier alpha value is -0.770. The minimum absolute atomic E-state index is 0.0233. The van der Waals surface area contributed by atoms with Gasteiger partial charge in [0.15, 0.2) is 0 Å². The molecule has 0 aliphatic heterocycles. The Labute approximate surface area is 86.4 Å². The second-order valence-electron chi connectivity index (χ2n) is 4.69. The van der Waals surface area contributed by atoms with Crippen LogP contribution in [0.5, 0.6) is 0 Å². The molecule has 0 aromatic rings. The highest BCUT2D eigenvalue weighted by Gasteiger charge is 2.24. The first kappa shape index (κ1) is 13.2. The Balaban J connectivity index is 4.26. The molecule has 84 valence electrons. The third kappa shape index (κ3) is 4.46. The fourth-order valence-electron chi connectivity index (χ4n) is 0.853.